The van der Waals surface area contributed by atoms with E-state index in [1.807, 2.05) is 6.07 Å². The molecule has 2 N–H and O–H groups in total. The van der Waals surface area contributed by atoms with Crippen molar-refractivity contribution >= 4 is 11.6 Å². The monoisotopic (exact) mass is 286 g/mol. The van der Waals surface area contributed by atoms with Crippen LogP contribution in [0.1, 0.15) is 11.1 Å². The third-order valence-corrected chi connectivity index (χ3v) is 3.07. The van der Waals surface area contributed by atoms with Crippen molar-refractivity contribution in [3.8, 4) is 0 Å². The number of aryl methyl sites for hydroxylation is 1. The Labute approximate surface area is 124 Å². The van der Waals surface area contributed by atoms with E-state index in [0.717, 1.165) is 13.0 Å². The van der Waals surface area contributed by atoms with E-state index in [-0.39, 0.29) is 18.3 Å². The molecule has 1 amide bonds. The van der Waals surface area contributed by atoms with Crippen LogP contribution in [0, 0.1) is 12.7 Å². The molecule has 2 aromatic rings. The zero-order chi connectivity index (χ0) is 15.1. The summed E-state index contributed by atoms with van der Waals surface area (Å²) >= 11 is 0. The molecule has 0 aromatic heterocycles. The number of carbonyl (C=O) groups is 1. The average molecular weight is 286 g/mol. The van der Waals surface area contributed by atoms with Crippen LogP contribution < -0.4 is 10.6 Å². The molecule has 0 saturated heterocycles. The first kappa shape index (κ1) is 15.2. The summed E-state index contributed by atoms with van der Waals surface area (Å²) in [5.41, 5.74) is 2.95. The Morgan fingerprint density at radius 2 is 1.95 bits per heavy atom. The molecule has 0 saturated carbocycles. The Kier molecular flexibility index (Phi) is 5.46. The standard InChI is InChI=1S/C17H19FN2O/c1-13-4-2-5-14(10-13)8-9-19-12-17(21)20-16-7-3-6-15(18)11-16/h2-7,10-11,19H,8-9,12H2,1H3,(H,20,21). The first-order valence-corrected chi connectivity index (χ1v) is 6.95. The highest BCUT2D eigenvalue weighted by Crippen LogP contribution is 2.08. The maximum absolute atomic E-state index is 13.0. The minimum atomic E-state index is -0.361. The van der Waals surface area contributed by atoms with Crippen LogP contribution in [0.15, 0.2) is 48.5 Å². The van der Waals surface area contributed by atoms with Crippen molar-refractivity contribution in [3.05, 3.63) is 65.5 Å². The topological polar surface area (TPSA) is 41.1 Å². The lowest BCUT2D eigenvalue weighted by Gasteiger charge is -2.07. The molecule has 0 fully saturated rings. The normalized spacial score (nSPS) is 10.4. The number of hydrogen-bond acceptors (Lipinski definition) is 2. The number of benzene rings is 2. The minimum absolute atomic E-state index is 0.176. The quantitative estimate of drug-likeness (QED) is 0.802. The van der Waals surface area contributed by atoms with Gasteiger partial charge in [0.1, 0.15) is 5.82 Å². The highest BCUT2D eigenvalue weighted by molar-refractivity contribution is 5.92. The van der Waals surface area contributed by atoms with Gasteiger partial charge in [0.25, 0.3) is 0 Å². The van der Waals surface area contributed by atoms with Crippen LogP contribution >= 0.6 is 0 Å². The number of halogens is 1. The smallest absolute Gasteiger partial charge is 0.238 e. The number of anilines is 1. The highest BCUT2D eigenvalue weighted by atomic mass is 19.1. The zero-order valence-electron chi connectivity index (χ0n) is 12.0. The summed E-state index contributed by atoms with van der Waals surface area (Å²) in [4.78, 5) is 11.7. The highest BCUT2D eigenvalue weighted by Gasteiger charge is 2.02. The molecule has 2 rings (SSSR count). The number of amides is 1. The number of rotatable bonds is 6. The fourth-order valence-electron chi connectivity index (χ4n) is 2.07. The van der Waals surface area contributed by atoms with Gasteiger partial charge in [-0.15, -0.1) is 0 Å². The van der Waals surface area contributed by atoms with Crippen LogP contribution in [0.2, 0.25) is 0 Å². The van der Waals surface area contributed by atoms with Crippen LogP contribution in [-0.4, -0.2) is 19.0 Å². The van der Waals surface area contributed by atoms with E-state index in [4.69, 9.17) is 0 Å². The molecule has 2 aromatic carbocycles. The number of carbonyl (C=O) groups excluding carboxylic acids is 1. The van der Waals surface area contributed by atoms with E-state index in [1.54, 1.807) is 12.1 Å². The molecular weight excluding hydrogens is 267 g/mol. The molecule has 0 aliphatic heterocycles. The summed E-state index contributed by atoms with van der Waals surface area (Å²) in [6, 6.07) is 14.2. The lowest BCUT2D eigenvalue weighted by atomic mass is 10.1. The molecule has 21 heavy (non-hydrogen) atoms. The predicted octanol–water partition coefficient (Wildman–Crippen LogP) is 2.90. The van der Waals surface area contributed by atoms with Gasteiger partial charge in [0.05, 0.1) is 6.54 Å². The van der Waals surface area contributed by atoms with E-state index < -0.39 is 0 Å². The maximum atomic E-state index is 13.0. The van der Waals surface area contributed by atoms with Crippen molar-refractivity contribution in [2.24, 2.45) is 0 Å². The Hall–Kier alpha value is -2.20. The van der Waals surface area contributed by atoms with E-state index >= 15 is 0 Å². The summed E-state index contributed by atoms with van der Waals surface area (Å²) in [6.45, 7) is 2.99. The molecule has 3 nitrogen and oxygen atoms in total. The first-order chi connectivity index (χ1) is 10.1. The van der Waals surface area contributed by atoms with E-state index in [2.05, 4.69) is 35.8 Å². The van der Waals surface area contributed by atoms with Gasteiger partial charge in [-0.05, 0) is 43.7 Å². The molecule has 0 aliphatic carbocycles. The van der Waals surface area contributed by atoms with Gasteiger partial charge < -0.3 is 10.6 Å². The third kappa shape index (κ3) is 5.36. The molecule has 0 unspecified atom stereocenters. The van der Waals surface area contributed by atoms with Crippen molar-refractivity contribution < 1.29 is 9.18 Å². The fourth-order valence-corrected chi connectivity index (χ4v) is 2.07. The van der Waals surface area contributed by atoms with Crippen molar-refractivity contribution in [2.45, 2.75) is 13.3 Å². The van der Waals surface area contributed by atoms with Gasteiger partial charge in [-0.3, -0.25) is 4.79 Å². The van der Waals surface area contributed by atoms with Gasteiger partial charge in [0.15, 0.2) is 0 Å². The summed E-state index contributed by atoms with van der Waals surface area (Å²) in [7, 11) is 0. The molecule has 0 spiro atoms. The van der Waals surface area contributed by atoms with Crippen LogP contribution in [-0.2, 0) is 11.2 Å². The van der Waals surface area contributed by atoms with Crippen molar-refractivity contribution in [2.75, 3.05) is 18.4 Å². The second-order valence-electron chi connectivity index (χ2n) is 4.97. The first-order valence-electron chi connectivity index (χ1n) is 6.95. The van der Waals surface area contributed by atoms with Gasteiger partial charge in [0.2, 0.25) is 5.91 Å². The Balaban J connectivity index is 1.70. The lowest BCUT2D eigenvalue weighted by Crippen LogP contribution is -2.29. The summed E-state index contributed by atoms with van der Waals surface area (Å²) in [5.74, 6) is -0.537. The SMILES string of the molecule is Cc1cccc(CCNCC(=O)Nc2cccc(F)c2)c1. The molecular formula is C17H19FN2O. The van der Waals surface area contributed by atoms with Gasteiger partial charge >= 0.3 is 0 Å². The number of nitrogens with one attached hydrogen (secondary N) is 2. The van der Waals surface area contributed by atoms with Crippen LogP contribution in [0.4, 0.5) is 10.1 Å². The predicted molar refractivity (Wildman–Crippen MR) is 82.8 cm³/mol. The Bertz CT molecular complexity index is 613. The lowest BCUT2D eigenvalue weighted by molar-refractivity contribution is -0.115. The van der Waals surface area contributed by atoms with Crippen molar-refractivity contribution in [1.29, 1.82) is 0 Å². The Morgan fingerprint density at radius 1 is 1.14 bits per heavy atom. The van der Waals surface area contributed by atoms with E-state index in [1.165, 1.54) is 23.3 Å². The van der Waals surface area contributed by atoms with Crippen LogP contribution in [0.3, 0.4) is 0 Å². The second-order valence-corrected chi connectivity index (χ2v) is 4.97. The summed E-state index contributed by atoms with van der Waals surface area (Å²) < 4.78 is 13.0. The van der Waals surface area contributed by atoms with Gasteiger partial charge in [-0.25, -0.2) is 4.39 Å². The molecule has 0 atom stereocenters. The molecule has 0 radical (unpaired) electrons. The van der Waals surface area contributed by atoms with Crippen LogP contribution in [0.5, 0.6) is 0 Å². The minimum Gasteiger partial charge on any atom is -0.325 e. The van der Waals surface area contributed by atoms with Crippen LogP contribution in [0.25, 0.3) is 0 Å². The number of hydrogen-bond donors (Lipinski definition) is 2. The summed E-state index contributed by atoms with van der Waals surface area (Å²) in [6.07, 6.45) is 0.870. The third-order valence-electron chi connectivity index (χ3n) is 3.07. The van der Waals surface area contributed by atoms with Gasteiger partial charge in [-0.2, -0.15) is 0 Å². The molecule has 110 valence electrons. The molecule has 0 bridgehead atoms. The molecule has 0 aliphatic rings. The van der Waals surface area contributed by atoms with Crippen molar-refractivity contribution in [1.82, 2.24) is 5.32 Å². The fraction of sp³-hybridized carbons (Fsp3) is 0.235. The largest absolute Gasteiger partial charge is 0.325 e. The van der Waals surface area contributed by atoms with Crippen molar-refractivity contribution in [3.63, 3.8) is 0 Å². The zero-order valence-corrected chi connectivity index (χ0v) is 12.0. The molecule has 0 heterocycles. The van der Waals surface area contributed by atoms with Gasteiger partial charge in [-0.1, -0.05) is 35.9 Å². The van der Waals surface area contributed by atoms with Gasteiger partial charge in [0, 0.05) is 5.69 Å². The molecule has 4 heteroatoms. The average Bonchev–Trinajstić information content (AvgIpc) is 2.44. The van der Waals surface area contributed by atoms with E-state index in [9.17, 15) is 9.18 Å². The summed E-state index contributed by atoms with van der Waals surface area (Å²) in [5, 5.41) is 5.73. The van der Waals surface area contributed by atoms with E-state index in [0.29, 0.717) is 5.69 Å². The Morgan fingerprint density at radius 3 is 2.71 bits per heavy atom. The second kappa shape index (κ2) is 7.55. The maximum Gasteiger partial charge on any atom is 0.238 e.